The average Bonchev–Trinajstić information content (AvgIpc) is 3.15. The van der Waals surface area contributed by atoms with E-state index in [0.29, 0.717) is 5.92 Å². The fraction of sp³-hybridized carbons (Fsp3) is 0.958. The first-order valence-corrected chi connectivity index (χ1v) is 12.4. The van der Waals surface area contributed by atoms with E-state index in [4.69, 9.17) is 0 Å². The fourth-order valence-corrected chi connectivity index (χ4v) is 4.40. The van der Waals surface area contributed by atoms with Crippen molar-refractivity contribution < 1.29 is 9.90 Å². The van der Waals surface area contributed by atoms with Crippen molar-refractivity contribution in [3.8, 4) is 0 Å². The summed E-state index contributed by atoms with van der Waals surface area (Å²) in [4.78, 5) is 15.4. The lowest BCUT2D eigenvalue weighted by Gasteiger charge is -2.25. The molecular formula is C24H48N2O2. The largest absolute Gasteiger partial charge is 0.465 e. The average molecular weight is 397 g/mol. The van der Waals surface area contributed by atoms with Gasteiger partial charge in [-0.15, -0.1) is 0 Å². The molecule has 0 radical (unpaired) electrons. The Morgan fingerprint density at radius 1 is 0.821 bits per heavy atom. The van der Waals surface area contributed by atoms with Gasteiger partial charge in [0.1, 0.15) is 0 Å². The molecule has 1 saturated heterocycles. The minimum atomic E-state index is -0.742. The smallest absolute Gasteiger partial charge is 0.407 e. The maximum absolute atomic E-state index is 11.2. The van der Waals surface area contributed by atoms with Crippen LogP contribution in [0.25, 0.3) is 0 Å². The van der Waals surface area contributed by atoms with Gasteiger partial charge >= 0.3 is 6.09 Å². The zero-order chi connectivity index (χ0) is 20.5. The van der Waals surface area contributed by atoms with Gasteiger partial charge in [0.2, 0.25) is 0 Å². The first-order valence-electron chi connectivity index (χ1n) is 12.4. The van der Waals surface area contributed by atoms with Gasteiger partial charge in [0.15, 0.2) is 0 Å². The van der Waals surface area contributed by atoms with E-state index in [1.807, 2.05) is 0 Å². The van der Waals surface area contributed by atoms with Gasteiger partial charge in [-0.3, -0.25) is 0 Å². The Morgan fingerprint density at radius 3 is 1.71 bits per heavy atom. The molecule has 1 atom stereocenters. The number of likely N-dealkylation sites (tertiary alicyclic amines) is 1. The van der Waals surface area contributed by atoms with Gasteiger partial charge in [0.05, 0.1) is 0 Å². The van der Waals surface area contributed by atoms with Crippen LogP contribution in [0.3, 0.4) is 0 Å². The highest BCUT2D eigenvalue weighted by Gasteiger charge is 2.27. The van der Waals surface area contributed by atoms with Crippen molar-refractivity contribution in [2.24, 2.45) is 5.92 Å². The quantitative estimate of drug-likeness (QED) is 0.259. The van der Waals surface area contributed by atoms with E-state index >= 15 is 0 Å². The van der Waals surface area contributed by atoms with Gasteiger partial charge < -0.3 is 14.9 Å². The van der Waals surface area contributed by atoms with Gasteiger partial charge in [0, 0.05) is 19.6 Å². The van der Waals surface area contributed by atoms with Crippen LogP contribution in [0.4, 0.5) is 4.79 Å². The second-order valence-corrected chi connectivity index (χ2v) is 8.93. The predicted molar refractivity (Wildman–Crippen MR) is 120 cm³/mol. The van der Waals surface area contributed by atoms with Crippen LogP contribution in [0.5, 0.6) is 0 Å². The second kappa shape index (κ2) is 17.1. The van der Waals surface area contributed by atoms with E-state index in [1.165, 1.54) is 103 Å². The standard InChI is InChI=1S/C24H48N2O2/c1-3-5-7-9-11-13-15-18-25(19-16-14-12-10-8-6-4-2)21-23-17-20-26(22-23)24(27)28/h23H,3-22H2,1-2H3,(H,27,28). The van der Waals surface area contributed by atoms with Crippen LogP contribution < -0.4 is 0 Å². The normalized spacial score (nSPS) is 17.0. The second-order valence-electron chi connectivity index (χ2n) is 8.93. The maximum Gasteiger partial charge on any atom is 0.407 e. The Labute approximate surface area is 175 Å². The third kappa shape index (κ3) is 12.6. The summed E-state index contributed by atoms with van der Waals surface area (Å²) in [5.74, 6) is 0.533. The van der Waals surface area contributed by atoms with Crippen LogP contribution in [-0.2, 0) is 0 Å². The summed E-state index contributed by atoms with van der Waals surface area (Å²) in [5, 5.41) is 9.20. The zero-order valence-electron chi connectivity index (χ0n) is 19.0. The summed E-state index contributed by atoms with van der Waals surface area (Å²) in [6, 6.07) is 0. The van der Waals surface area contributed by atoms with Crippen molar-refractivity contribution in [2.45, 2.75) is 110 Å². The lowest BCUT2D eigenvalue weighted by atomic mass is 10.1. The third-order valence-corrected chi connectivity index (χ3v) is 6.23. The van der Waals surface area contributed by atoms with E-state index in [-0.39, 0.29) is 0 Å². The predicted octanol–water partition coefficient (Wildman–Crippen LogP) is 6.79. The van der Waals surface area contributed by atoms with Crippen LogP contribution >= 0.6 is 0 Å². The van der Waals surface area contributed by atoms with Crippen LogP contribution in [0, 0.1) is 5.92 Å². The number of unbranched alkanes of at least 4 members (excludes halogenated alkanes) is 12. The molecule has 4 nitrogen and oxygen atoms in total. The number of hydrogen-bond donors (Lipinski definition) is 1. The Morgan fingerprint density at radius 2 is 1.29 bits per heavy atom. The Kier molecular flexibility index (Phi) is 15.4. The van der Waals surface area contributed by atoms with E-state index in [0.717, 1.165) is 26.1 Å². The molecule has 0 aromatic rings. The van der Waals surface area contributed by atoms with Crippen molar-refractivity contribution in [2.75, 3.05) is 32.7 Å². The molecule has 0 aromatic carbocycles. The fourth-order valence-electron chi connectivity index (χ4n) is 4.40. The van der Waals surface area contributed by atoms with E-state index < -0.39 is 6.09 Å². The van der Waals surface area contributed by atoms with Crippen molar-refractivity contribution >= 4 is 6.09 Å². The summed E-state index contributed by atoms with van der Waals surface area (Å²) in [6.07, 6.45) is 19.3. The van der Waals surface area contributed by atoms with Crippen LogP contribution in [0.2, 0.25) is 0 Å². The lowest BCUT2D eigenvalue weighted by molar-refractivity contribution is 0.151. The summed E-state index contributed by atoms with van der Waals surface area (Å²) in [6.45, 7) is 9.50. The summed E-state index contributed by atoms with van der Waals surface area (Å²) < 4.78 is 0. The molecule has 0 spiro atoms. The van der Waals surface area contributed by atoms with Crippen LogP contribution in [0.15, 0.2) is 0 Å². The van der Waals surface area contributed by atoms with Crippen molar-refractivity contribution in [3.05, 3.63) is 0 Å². The molecule has 1 N–H and O–H groups in total. The minimum absolute atomic E-state index is 0.533. The van der Waals surface area contributed by atoms with E-state index in [1.54, 1.807) is 4.90 Å². The van der Waals surface area contributed by atoms with Crippen LogP contribution in [-0.4, -0.2) is 53.7 Å². The van der Waals surface area contributed by atoms with Crippen molar-refractivity contribution in [3.63, 3.8) is 0 Å². The Hall–Kier alpha value is -0.770. The van der Waals surface area contributed by atoms with Crippen molar-refractivity contribution in [1.29, 1.82) is 0 Å². The van der Waals surface area contributed by atoms with Crippen LogP contribution in [0.1, 0.15) is 110 Å². The molecule has 1 fully saturated rings. The molecule has 1 heterocycles. The van der Waals surface area contributed by atoms with Gasteiger partial charge in [-0.1, -0.05) is 90.9 Å². The van der Waals surface area contributed by atoms with E-state index in [2.05, 4.69) is 18.7 Å². The molecule has 1 unspecified atom stereocenters. The molecule has 0 saturated carbocycles. The van der Waals surface area contributed by atoms with E-state index in [9.17, 15) is 9.90 Å². The summed E-state index contributed by atoms with van der Waals surface area (Å²) in [7, 11) is 0. The molecule has 1 aliphatic rings. The highest BCUT2D eigenvalue weighted by molar-refractivity contribution is 5.65. The van der Waals surface area contributed by atoms with Gasteiger partial charge in [-0.25, -0.2) is 4.79 Å². The van der Waals surface area contributed by atoms with Gasteiger partial charge in [0.25, 0.3) is 0 Å². The highest BCUT2D eigenvalue weighted by atomic mass is 16.4. The number of amides is 1. The third-order valence-electron chi connectivity index (χ3n) is 6.23. The molecule has 0 aromatic heterocycles. The number of rotatable bonds is 18. The number of carboxylic acid groups (broad SMARTS) is 1. The first-order chi connectivity index (χ1) is 13.7. The summed E-state index contributed by atoms with van der Waals surface area (Å²) in [5.41, 5.74) is 0. The molecule has 166 valence electrons. The molecule has 28 heavy (non-hydrogen) atoms. The molecule has 1 rings (SSSR count). The maximum atomic E-state index is 11.2. The first kappa shape index (κ1) is 25.3. The zero-order valence-corrected chi connectivity index (χ0v) is 19.0. The highest BCUT2D eigenvalue weighted by Crippen LogP contribution is 2.19. The topological polar surface area (TPSA) is 43.8 Å². The minimum Gasteiger partial charge on any atom is -0.465 e. The molecule has 1 aliphatic heterocycles. The monoisotopic (exact) mass is 396 g/mol. The molecule has 1 amide bonds. The number of carbonyl (C=O) groups is 1. The van der Waals surface area contributed by atoms with Crippen molar-refractivity contribution in [1.82, 2.24) is 9.80 Å². The molecule has 0 aliphatic carbocycles. The summed E-state index contributed by atoms with van der Waals surface area (Å²) >= 11 is 0. The Balaban J connectivity index is 2.24. The molecule has 4 heteroatoms. The number of hydrogen-bond acceptors (Lipinski definition) is 2. The van der Waals surface area contributed by atoms with Gasteiger partial charge in [-0.2, -0.15) is 0 Å². The lowest BCUT2D eigenvalue weighted by Crippen LogP contribution is -2.34. The SMILES string of the molecule is CCCCCCCCCN(CCCCCCCCC)CC1CCN(C(=O)O)C1. The number of nitrogens with zero attached hydrogens (tertiary/aromatic N) is 2. The Bertz CT molecular complexity index is 358. The molecular weight excluding hydrogens is 348 g/mol. The van der Waals surface area contributed by atoms with Gasteiger partial charge in [-0.05, 0) is 38.3 Å². The molecule has 0 bridgehead atoms.